The minimum Gasteiger partial charge on any atom is -0.480 e. The molecule has 0 radical (unpaired) electrons. The van der Waals surface area contributed by atoms with Crippen LogP contribution in [0.5, 0.6) is 0 Å². The van der Waals surface area contributed by atoms with Crippen LogP contribution in [0.15, 0.2) is 36.9 Å². The Morgan fingerprint density at radius 1 is 1.37 bits per heavy atom. The van der Waals surface area contributed by atoms with E-state index >= 15 is 0 Å². The summed E-state index contributed by atoms with van der Waals surface area (Å²) in [4.78, 5) is 35.8. The fourth-order valence-electron chi connectivity index (χ4n) is 2.20. The molecule has 1 unspecified atom stereocenters. The molecule has 1 N–H and O–H groups in total. The zero-order chi connectivity index (χ0) is 14.0. The number of aliphatic carboxylic acids is 1. The van der Waals surface area contributed by atoms with Gasteiger partial charge in [0.25, 0.3) is 0 Å². The number of para-hydroxylation sites is 1. The predicted octanol–water partition coefficient (Wildman–Crippen LogP) is 1.17. The number of rotatable bonds is 4. The van der Waals surface area contributed by atoms with E-state index in [0.717, 1.165) is 11.6 Å². The summed E-state index contributed by atoms with van der Waals surface area (Å²) in [7, 11) is 0. The number of hydrogen-bond donors (Lipinski definition) is 1. The van der Waals surface area contributed by atoms with Crippen LogP contribution in [-0.2, 0) is 20.8 Å². The molecule has 5 heteroatoms. The van der Waals surface area contributed by atoms with Crippen LogP contribution in [0.3, 0.4) is 0 Å². The zero-order valence-electron chi connectivity index (χ0n) is 10.2. The Labute approximate surface area is 110 Å². The normalized spacial score (nSPS) is 16.8. The summed E-state index contributed by atoms with van der Waals surface area (Å²) in [6.07, 6.45) is 0.969. The maximum atomic E-state index is 12.1. The SMILES string of the molecule is C=CC(=O)CC(=O)N1c2ccccc2CC1C(=O)O. The van der Waals surface area contributed by atoms with Gasteiger partial charge >= 0.3 is 5.97 Å². The molecule has 1 amide bonds. The molecule has 0 aromatic heterocycles. The largest absolute Gasteiger partial charge is 0.480 e. The number of fused-ring (bicyclic) bond motifs is 1. The van der Waals surface area contributed by atoms with Crippen molar-refractivity contribution in [2.45, 2.75) is 18.9 Å². The Balaban J connectivity index is 2.34. The topological polar surface area (TPSA) is 74.7 Å². The summed E-state index contributed by atoms with van der Waals surface area (Å²) in [5, 5.41) is 9.20. The molecule has 1 aliphatic heterocycles. The molecule has 5 nitrogen and oxygen atoms in total. The summed E-state index contributed by atoms with van der Waals surface area (Å²) >= 11 is 0. The first-order chi connectivity index (χ1) is 9.04. The molecule has 0 aliphatic carbocycles. The number of carboxylic acid groups (broad SMARTS) is 1. The lowest BCUT2D eigenvalue weighted by Gasteiger charge is -2.22. The van der Waals surface area contributed by atoms with E-state index in [4.69, 9.17) is 0 Å². The van der Waals surface area contributed by atoms with Crippen molar-refractivity contribution < 1.29 is 19.5 Å². The number of anilines is 1. The van der Waals surface area contributed by atoms with E-state index in [0.29, 0.717) is 5.69 Å². The third kappa shape index (κ3) is 2.40. The van der Waals surface area contributed by atoms with Gasteiger partial charge in [0, 0.05) is 12.1 Å². The van der Waals surface area contributed by atoms with Gasteiger partial charge in [-0.3, -0.25) is 14.5 Å². The highest BCUT2D eigenvalue weighted by Crippen LogP contribution is 2.32. The monoisotopic (exact) mass is 259 g/mol. The Bertz CT molecular complexity index is 564. The Kier molecular flexibility index (Phi) is 3.46. The van der Waals surface area contributed by atoms with E-state index in [9.17, 15) is 19.5 Å². The standard InChI is InChI=1S/C14H13NO4/c1-2-10(16)8-13(17)15-11-6-4-3-5-9(11)7-12(15)14(18)19/h2-6,12H,1,7-8H2,(H,18,19). The second-order valence-electron chi connectivity index (χ2n) is 4.30. The third-order valence-electron chi connectivity index (χ3n) is 3.08. The van der Waals surface area contributed by atoms with Crippen LogP contribution >= 0.6 is 0 Å². The average Bonchev–Trinajstić information content (AvgIpc) is 2.78. The van der Waals surface area contributed by atoms with Gasteiger partial charge in [-0.2, -0.15) is 0 Å². The van der Waals surface area contributed by atoms with Gasteiger partial charge in [0.1, 0.15) is 6.04 Å². The van der Waals surface area contributed by atoms with Crippen LogP contribution in [0, 0.1) is 0 Å². The molecule has 0 bridgehead atoms. The van der Waals surface area contributed by atoms with Crippen LogP contribution < -0.4 is 4.90 Å². The van der Waals surface area contributed by atoms with Crippen molar-refractivity contribution in [3.05, 3.63) is 42.5 Å². The third-order valence-corrected chi connectivity index (χ3v) is 3.08. The quantitative estimate of drug-likeness (QED) is 0.650. The van der Waals surface area contributed by atoms with Crippen LogP contribution in [0.4, 0.5) is 5.69 Å². The summed E-state index contributed by atoms with van der Waals surface area (Å²) < 4.78 is 0. The van der Waals surface area contributed by atoms with Crippen molar-refractivity contribution >= 4 is 23.3 Å². The minimum absolute atomic E-state index is 0.263. The Hall–Kier alpha value is -2.43. The summed E-state index contributed by atoms with van der Waals surface area (Å²) in [5.74, 6) is -2.00. The fraction of sp³-hybridized carbons (Fsp3) is 0.214. The lowest BCUT2D eigenvalue weighted by molar-refractivity contribution is -0.140. The number of amides is 1. The van der Waals surface area contributed by atoms with E-state index in [1.54, 1.807) is 24.3 Å². The van der Waals surface area contributed by atoms with Gasteiger partial charge in [0.05, 0.1) is 6.42 Å². The number of carboxylic acids is 1. The Morgan fingerprint density at radius 3 is 2.68 bits per heavy atom. The lowest BCUT2D eigenvalue weighted by atomic mass is 10.1. The van der Waals surface area contributed by atoms with Gasteiger partial charge in [0.2, 0.25) is 5.91 Å². The molecule has 0 spiro atoms. The number of carbonyl (C=O) groups excluding carboxylic acids is 2. The average molecular weight is 259 g/mol. The highest BCUT2D eigenvalue weighted by Gasteiger charge is 2.38. The highest BCUT2D eigenvalue weighted by molar-refractivity contribution is 6.12. The number of ketones is 1. The molecule has 98 valence electrons. The first-order valence-corrected chi connectivity index (χ1v) is 5.82. The Morgan fingerprint density at radius 2 is 2.05 bits per heavy atom. The lowest BCUT2D eigenvalue weighted by Crippen LogP contribution is -2.43. The molecule has 0 saturated heterocycles. The maximum absolute atomic E-state index is 12.1. The predicted molar refractivity (Wildman–Crippen MR) is 68.9 cm³/mol. The van der Waals surface area contributed by atoms with E-state index < -0.39 is 23.7 Å². The molecule has 19 heavy (non-hydrogen) atoms. The highest BCUT2D eigenvalue weighted by atomic mass is 16.4. The van der Waals surface area contributed by atoms with Crippen LogP contribution in [0.1, 0.15) is 12.0 Å². The van der Waals surface area contributed by atoms with Gasteiger partial charge in [-0.05, 0) is 17.7 Å². The van der Waals surface area contributed by atoms with E-state index in [1.165, 1.54) is 4.90 Å². The van der Waals surface area contributed by atoms with E-state index in [-0.39, 0.29) is 12.8 Å². The number of benzene rings is 1. The zero-order valence-corrected chi connectivity index (χ0v) is 10.2. The van der Waals surface area contributed by atoms with E-state index in [1.807, 2.05) is 0 Å². The smallest absolute Gasteiger partial charge is 0.327 e. The van der Waals surface area contributed by atoms with Gasteiger partial charge in [-0.15, -0.1) is 0 Å². The second-order valence-corrected chi connectivity index (χ2v) is 4.30. The van der Waals surface area contributed by atoms with Crippen LogP contribution in [-0.4, -0.2) is 28.8 Å². The molecule has 1 aromatic carbocycles. The van der Waals surface area contributed by atoms with Crippen LogP contribution in [0.2, 0.25) is 0 Å². The van der Waals surface area contributed by atoms with Crippen molar-refractivity contribution in [3.8, 4) is 0 Å². The van der Waals surface area contributed by atoms with Gasteiger partial charge in [-0.1, -0.05) is 24.8 Å². The van der Waals surface area contributed by atoms with Crippen LogP contribution in [0.25, 0.3) is 0 Å². The molecular formula is C14H13NO4. The van der Waals surface area contributed by atoms with E-state index in [2.05, 4.69) is 6.58 Å². The second kappa shape index (κ2) is 5.06. The van der Waals surface area contributed by atoms with Gasteiger partial charge in [0.15, 0.2) is 5.78 Å². The molecule has 0 fully saturated rings. The molecule has 1 atom stereocenters. The van der Waals surface area contributed by atoms with Gasteiger partial charge in [-0.25, -0.2) is 4.79 Å². The molecule has 1 aliphatic rings. The summed E-state index contributed by atoms with van der Waals surface area (Å²) in [6, 6.07) is 6.06. The van der Waals surface area contributed by atoms with Gasteiger partial charge < -0.3 is 5.11 Å². The molecule has 0 saturated carbocycles. The fourth-order valence-corrected chi connectivity index (χ4v) is 2.20. The number of nitrogens with zero attached hydrogens (tertiary/aromatic N) is 1. The van der Waals surface area contributed by atoms with Crippen molar-refractivity contribution in [1.29, 1.82) is 0 Å². The first-order valence-electron chi connectivity index (χ1n) is 5.82. The van der Waals surface area contributed by atoms with Crippen molar-refractivity contribution in [3.63, 3.8) is 0 Å². The number of allylic oxidation sites excluding steroid dienone is 1. The molecule has 1 aromatic rings. The maximum Gasteiger partial charge on any atom is 0.327 e. The molecule has 2 rings (SSSR count). The number of carbonyl (C=O) groups is 3. The first kappa shape index (κ1) is 13.0. The molecular weight excluding hydrogens is 246 g/mol. The number of hydrogen-bond acceptors (Lipinski definition) is 3. The van der Waals surface area contributed by atoms with Crippen molar-refractivity contribution in [1.82, 2.24) is 0 Å². The minimum atomic E-state index is -1.07. The van der Waals surface area contributed by atoms with Crippen molar-refractivity contribution in [2.75, 3.05) is 4.90 Å². The molecule has 1 heterocycles. The summed E-state index contributed by atoms with van der Waals surface area (Å²) in [6.45, 7) is 3.30. The summed E-state index contributed by atoms with van der Waals surface area (Å²) in [5.41, 5.74) is 1.37. The van der Waals surface area contributed by atoms with Crippen molar-refractivity contribution in [2.24, 2.45) is 0 Å².